The van der Waals surface area contributed by atoms with Gasteiger partial charge >= 0.3 is 0 Å². The molecule has 0 bridgehead atoms. The molecule has 1 aliphatic carbocycles. The van der Waals surface area contributed by atoms with Gasteiger partial charge in [0.15, 0.2) is 17.5 Å². The predicted octanol–water partition coefficient (Wildman–Crippen LogP) is 16.0. The number of benzene rings is 9. The molecule has 0 saturated heterocycles. The molecule has 0 fully saturated rings. The van der Waals surface area contributed by atoms with Gasteiger partial charge in [0.25, 0.3) is 0 Å². The van der Waals surface area contributed by atoms with Crippen LogP contribution in [0.15, 0.2) is 209 Å². The quantitative estimate of drug-likeness (QED) is 0.167. The van der Waals surface area contributed by atoms with Crippen LogP contribution >= 0.6 is 0 Å². The molecule has 9 aromatic carbocycles. The summed E-state index contributed by atoms with van der Waals surface area (Å²) >= 11 is 0. The average molecular weight is 834 g/mol. The number of furan rings is 2. The van der Waals surface area contributed by atoms with Crippen LogP contribution in [0.5, 0.6) is 0 Å². The fraction of sp³-hybridized carbons (Fsp3) is 0.0500. The highest BCUT2D eigenvalue weighted by Gasteiger charge is 2.35. The summed E-state index contributed by atoms with van der Waals surface area (Å²) in [6.07, 6.45) is 0. The third-order valence-corrected chi connectivity index (χ3v) is 13.4. The molecule has 5 nitrogen and oxygen atoms in total. The van der Waals surface area contributed by atoms with Crippen LogP contribution in [0.25, 0.3) is 123 Å². The minimum atomic E-state index is -0.0503. The largest absolute Gasteiger partial charge is 0.456 e. The highest BCUT2D eigenvalue weighted by atomic mass is 16.3. The zero-order chi connectivity index (χ0) is 43.2. The Morgan fingerprint density at radius 2 is 0.800 bits per heavy atom. The van der Waals surface area contributed by atoms with Crippen molar-refractivity contribution in [1.82, 2.24) is 15.0 Å². The maximum Gasteiger partial charge on any atom is 0.164 e. The summed E-state index contributed by atoms with van der Waals surface area (Å²) in [6, 6.07) is 70.3. The van der Waals surface area contributed by atoms with Crippen LogP contribution in [-0.2, 0) is 5.41 Å². The Hall–Kier alpha value is -8.41. The van der Waals surface area contributed by atoms with E-state index in [2.05, 4.69) is 166 Å². The highest BCUT2D eigenvalue weighted by Crippen LogP contribution is 2.49. The van der Waals surface area contributed by atoms with E-state index in [1.54, 1.807) is 0 Å². The molecule has 5 heteroatoms. The van der Waals surface area contributed by atoms with E-state index in [9.17, 15) is 0 Å². The standard InChI is InChI=1S/C60H39N3O2/c1-60(2)50-19-8-6-16-44(50)45-29-26-41(35-51(45)60)38-24-22-37(23-25-38)40-27-30-54-49(33-40)56-47(18-11-21-55(56)65-54)59-62-57(42-15-10-14-39(32-42)36-12-4-3-5-13-36)61-58(63-59)43-28-31-53-48(34-43)46-17-7-9-20-52(46)64-53/h3-35H,1-2H3. The van der Waals surface area contributed by atoms with Crippen LogP contribution in [-0.4, -0.2) is 15.0 Å². The lowest BCUT2D eigenvalue weighted by Gasteiger charge is -2.22. The van der Waals surface area contributed by atoms with Gasteiger partial charge in [0, 0.05) is 43.7 Å². The number of nitrogens with zero attached hydrogens (tertiary/aromatic N) is 3. The van der Waals surface area contributed by atoms with Crippen molar-refractivity contribution >= 4 is 43.9 Å². The van der Waals surface area contributed by atoms with Crippen molar-refractivity contribution in [2.45, 2.75) is 19.3 Å². The monoisotopic (exact) mass is 833 g/mol. The normalized spacial score (nSPS) is 12.9. The Kier molecular flexibility index (Phi) is 8.18. The van der Waals surface area contributed by atoms with Crippen LogP contribution < -0.4 is 0 Å². The Balaban J connectivity index is 0.924. The van der Waals surface area contributed by atoms with Crippen LogP contribution in [0.3, 0.4) is 0 Å². The van der Waals surface area contributed by atoms with Crippen molar-refractivity contribution in [3.05, 3.63) is 211 Å². The van der Waals surface area contributed by atoms with Crippen molar-refractivity contribution in [3.63, 3.8) is 0 Å². The Labute approximate surface area is 375 Å². The minimum Gasteiger partial charge on any atom is -0.456 e. The zero-order valence-electron chi connectivity index (χ0n) is 35.7. The van der Waals surface area contributed by atoms with Gasteiger partial charge in [0.2, 0.25) is 0 Å². The molecule has 65 heavy (non-hydrogen) atoms. The molecule has 0 amide bonds. The molecular formula is C60H39N3O2. The van der Waals surface area contributed by atoms with E-state index in [0.29, 0.717) is 17.5 Å². The fourth-order valence-electron chi connectivity index (χ4n) is 10.0. The summed E-state index contributed by atoms with van der Waals surface area (Å²) in [5, 5.41) is 4.02. The predicted molar refractivity (Wildman–Crippen MR) is 265 cm³/mol. The maximum absolute atomic E-state index is 6.55. The molecule has 0 N–H and O–H groups in total. The average Bonchev–Trinajstić information content (AvgIpc) is 4.01. The molecule has 0 saturated carbocycles. The van der Waals surface area contributed by atoms with E-state index in [-0.39, 0.29) is 5.41 Å². The Bertz CT molecular complexity index is 3860. The molecule has 0 spiro atoms. The van der Waals surface area contributed by atoms with Gasteiger partial charge in [-0.1, -0.05) is 159 Å². The summed E-state index contributed by atoms with van der Waals surface area (Å²) in [5.41, 5.74) is 18.1. The van der Waals surface area contributed by atoms with Gasteiger partial charge in [-0.2, -0.15) is 0 Å². The number of rotatable bonds is 6. The summed E-state index contributed by atoms with van der Waals surface area (Å²) in [4.78, 5) is 15.7. The number of hydrogen-bond donors (Lipinski definition) is 0. The van der Waals surface area contributed by atoms with Gasteiger partial charge in [0.1, 0.15) is 22.3 Å². The smallest absolute Gasteiger partial charge is 0.164 e. The number of hydrogen-bond acceptors (Lipinski definition) is 5. The van der Waals surface area contributed by atoms with Crippen LogP contribution in [0.1, 0.15) is 25.0 Å². The van der Waals surface area contributed by atoms with E-state index in [1.807, 2.05) is 48.5 Å². The first-order chi connectivity index (χ1) is 31.9. The zero-order valence-corrected chi connectivity index (χ0v) is 35.7. The lowest BCUT2D eigenvalue weighted by atomic mass is 9.81. The first-order valence-corrected chi connectivity index (χ1v) is 22.1. The number of para-hydroxylation sites is 1. The molecule has 3 heterocycles. The van der Waals surface area contributed by atoms with E-state index >= 15 is 0 Å². The van der Waals surface area contributed by atoms with Crippen molar-refractivity contribution in [1.29, 1.82) is 0 Å². The Morgan fingerprint density at radius 1 is 0.308 bits per heavy atom. The molecule has 0 radical (unpaired) electrons. The second kappa shape index (κ2) is 14.3. The topological polar surface area (TPSA) is 65.0 Å². The third kappa shape index (κ3) is 6.04. The molecule has 1 aliphatic rings. The molecule has 0 aliphatic heterocycles. The van der Waals surface area contributed by atoms with E-state index in [0.717, 1.165) is 82.8 Å². The highest BCUT2D eigenvalue weighted by molar-refractivity contribution is 6.13. The van der Waals surface area contributed by atoms with E-state index in [1.165, 1.54) is 33.4 Å². The fourth-order valence-corrected chi connectivity index (χ4v) is 10.0. The van der Waals surface area contributed by atoms with Crippen molar-refractivity contribution in [2.24, 2.45) is 0 Å². The van der Waals surface area contributed by atoms with Crippen molar-refractivity contribution in [3.8, 4) is 78.7 Å². The minimum absolute atomic E-state index is 0.0503. The van der Waals surface area contributed by atoms with Gasteiger partial charge in [-0.15, -0.1) is 0 Å². The van der Waals surface area contributed by atoms with E-state index < -0.39 is 0 Å². The molecule has 12 aromatic rings. The molecule has 13 rings (SSSR count). The van der Waals surface area contributed by atoms with Gasteiger partial charge in [-0.05, 0) is 110 Å². The second-order valence-electron chi connectivity index (χ2n) is 17.6. The van der Waals surface area contributed by atoms with Crippen molar-refractivity contribution in [2.75, 3.05) is 0 Å². The van der Waals surface area contributed by atoms with Gasteiger partial charge in [-0.25, -0.2) is 15.0 Å². The molecule has 0 atom stereocenters. The van der Waals surface area contributed by atoms with Crippen molar-refractivity contribution < 1.29 is 8.83 Å². The van der Waals surface area contributed by atoms with Gasteiger partial charge in [0.05, 0.1) is 0 Å². The number of aromatic nitrogens is 3. The van der Waals surface area contributed by atoms with Crippen LogP contribution in [0, 0.1) is 0 Å². The molecule has 306 valence electrons. The first kappa shape index (κ1) is 37.2. The second-order valence-corrected chi connectivity index (χ2v) is 17.6. The summed E-state index contributed by atoms with van der Waals surface area (Å²) in [5.74, 6) is 1.72. The lowest BCUT2D eigenvalue weighted by Crippen LogP contribution is -2.14. The maximum atomic E-state index is 6.55. The Morgan fingerprint density at radius 3 is 1.63 bits per heavy atom. The SMILES string of the molecule is CC1(C)c2ccccc2-c2ccc(-c3ccc(-c4ccc5oc6cccc(-c7nc(-c8cccc(-c9ccccc9)c8)nc(-c8ccc9oc%10ccccc%10c9c8)n7)c6c5c4)cc3)cc21. The van der Waals surface area contributed by atoms with Crippen LogP contribution in [0.2, 0.25) is 0 Å². The summed E-state index contributed by atoms with van der Waals surface area (Å²) in [7, 11) is 0. The third-order valence-electron chi connectivity index (χ3n) is 13.4. The molecule has 3 aromatic heterocycles. The first-order valence-electron chi connectivity index (χ1n) is 22.1. The summed E-state index contributed by atoms with van der Waals surface area (Å²) in [6.45, 7) is 4.66. The summed E-state index contributed by atoms with van der Waals surface area (Å²) < 4.78 is 12.8. The van der Waals surface area contributed by atoms with Gasteiger partial charge in [-0.3, -0.25) is 0 Å². The van der Waals surface area contributed by atoms with Gasteiger partial charge < -0.3 is 8.83 Å². The molecular weight excluding hydrogens is 795 g/mol. The van der Waals surface area contributed by atoms with E-state index in [4.69, 9.17) is 23.8 Å². The molecule has 0 unspecified atom stereocenters. The lowest BCUT2D eigenvalue weighted by molar-refractivity contribution is 0.660. The van der Waals surface area contributed by atoms with Crippen LogP contribution in [0.4, 0.5) is 0 Å². The number of fused-ring (bicyclic) bond motifs is 9.